The Morgan fingerprint density at radius 2 is 1.95 bits per heavy atom. The topological polar surface area (TPSA) is 79.4 Å². The predicted molar refractivity (Wildman–Crippen MR) is 86.7 cm³/mol. The number of benzene rings is 1. The van der Waals surface area contributed by atoms with Gasteiger partial charge in [-0.05, 0) is 18.6 Å². The van der Waals surface area contributed by atoms with Gasteiger partial charge in [-0.3, -0.25) is 0 Å². The molecule has 0 saturated heterocycles. The molecule has 1 N–H and O–H groups in total. The van der Waals surface area contributed by atoms with Crippen LogP contribution in [0.15, 0.2) is 29.4 Å². The summed E-state index contributed by atoms with van der Waals surface area (Å²) in [6.07, 6.45) is 2.29. The lowest BCUT2D eigenvalue weighted by Crippen LogP contribution is -2.26. The number of hydrogen-bond donors (Lipinski definition) is 1. The molecule has 118 valence electrons. The molecule has 6 nitrogen and oxygen atoms in total. The SMILES string of the molecule is Cc1ccc2c(S(=O)(=O)NCCC=O)nccc2c1N(C)C. The summed E-state index contributed by atoms with van der Waals surface area (Å²) < 4.78 is 27.2. The fourth-order valence-electron chi connectivity index (χ4n) is 2.45. The minimum Gasteiger partial charge on any atom is -0.377 e. The number of carbonyl (C=O) groups excluding carboxylic acids is 1. The van der Waals surface area contributed by atoms with Crippen molar-refractivity contribution >= 4 is 32.8 Å². The number of carbonyl (C=O) groups is 1. The van der Waals surface area contributed by atoms with E-state index in [1.165, 1.54) is 6.20 Å². The molecule has 0 aliphatic rings. The molecule has 7 heteroatoms. The van der Waals surface area contributed by atoms with Crippen molar-refractivity contribution in [3.8, 4) is 0 Å². The molecule has 0 spiro atoms. The molecule has 0 fully saturated rings. The number of aryl methyl sites for hydroxylation is 1. The quantitative estimate of drug-likeness (QED) is 0.644. The number of rotatable bonds is 6. The molecule has 0 saturated carbocycles. The van der Waals surface area contributed by atoms with E-state index in [0.29, 0.717) is 11.7 Å². The lowest BCUT2D eigenvalue weighted by Gasteiger charge is -2.19. The molecule has 2 aromatic rings. The van der Waals surface area contributed by atoms with E-state index in [4.69, 9.17) is 0 Å². The van der Waals surface area contributed by atoms with E-state index in [-0.39, 0.29) is 18.0 Å². The Morgan fingerprint density at radius 3 is 2.59 bits per heavy atom. The summed E-state index contributed by atoms with van der Waals surface area (Å²) in [4.78, 5) is 16.3. The highest BCUT2D eigenvalue weighted by atomic mass is 32.2. The first-order valence-electron chi connectivity index (χ1n) is 6.87. The predicted octanol–water partition coefficient (Wildman–Crippen LogP) is 1.48. The Kier molecular flexibility index (Phi) is 4.77. The van der Waals surface area contributed by atoms with Gasteiger partial charge in [0.2, 0.25) is 0 Å². The average molecular weight is 321 g/mol. The fraction of sp³-hybridized carbons (Fsp3) is 0.333. The second-order valence-electron chi connectivity index (χ2n) is 5.19. The van der Waals surface area contributed by atoms with E-state index in [2.05, 4.69) is 9.71 Å². The van der Waals surface area contributed by atoms with Crippen molar-refractivity contribution in [1.29, 1.82) is 0 Å². The van der Waals surface area contributed by atoms with Gasteiger partial charge in [0.25, 0.3) is 10.0 Å². The Morgan fingerprint density at radius 1 is 1.23 bits per heavy atom. The number of pyridine rings is 1. The first-order valence-corrected chi connectivity index (χ1v) is 8.35. The third-order valence-electron chi connectivity index (χ3n) is 3.34. The molecule has 1 aromatic heterocycles. The van der Waals surface area contributed by atoms with Gasteiger partial charge in [0.1, 0.15) is 6.29 Å². The van der Waals surface area contributed by atoms with Crippen molar-refractivity contribution in [2.75, 3.05) is 25.5 Å². The third-order valence-corrected chi connectivity index (χ3v) is 4.76. The Hall–Kier alpha value is -1.99. The molecule has 2 rings (SSSR count). The Balaban J connectivity index is 2.62. The standard InChI is InChI=1S/C15H19N3O3S/c1-11-5-6-13-12(14(11)18(2)3)7-9-16-15(13)22(20,21)17-8-4-10-19/h5-7,9-10,17H,4,8H2,1-3H3. The summed E-state index contributed by atoms with van der Waals surface area (Å²) in [5, 5.41) is 1.38. The number of hydrogen-bond acceptors (Lipinski definition) is 5. The molecule has 22 heavy (non-hydrogen) atoms. The second kappa shape index (κ2) is 6.41. The zero-order chi connectivity index (χ0) is 16.3. The summed E-state index contributed by atoms with van der Waals surface area (Å²) in [5.74, 6) is 0. The number of aldehydes is 1. The number of aromatic nitrogens is 1. The van der Waals surface area contributed by atoms with Crippen LogP contribution in [0.3, 0.4) is 0 Å². The van der Waals surface area contributed by atoms with Crippen molar-refractivity contribution in [2.45, 2.75) is 18.4 Å². The van der Waals surface area contributed by atoms with Crippen molar-refractivity contribution < 1.29 is 13.2 Å². The van der Waals surface area contributed by atoms with Crippen LogP contribution < -0.4 is 9.62 Å². The highest BCUT2D eigenvalue weighted by Gasteiger charge is 2.20. The van der Waals surface area contributed by atoms with Gasteiger partial charge in [0, 0.05) is 49.7 Å². The zero-order valence-electron chi connectivity index (χ0n) is 12.8. The van der Waals surface area contributed by atoms with Gasteiger partial charge in [-0.25, -0.2) is 18.1 Å². The van der Waals surface area contributed by atoms with E-state index in [1.54, 1.807) is 6.07 Å². The molecular weight excluding hydrogens is 302 g/mol. The number of nitrogens with one attached hydrogen (secondary N) is 1. The van der Waals surface area contributed by atoms with Gasteiger partial charge in [-0.2, -0.15) is 0 Å². The third kappa shape index (κ3) is 3.10. The van der Waals surface area contributed by atoms with E-state index < -0.39 is 10.0 Å². The van der Waals surface area contributed by atoms with Crippen LogP contribution in [-0.4, -0.2) is 40.3 Å². The van der Waals surface area contributed by atoms with Crippen LogP contribution in [0.5, 0.6) is 0 Å². The van der Waals surface area contributed by atoms with E-state index in [0.717, 1.165) is 16.6 Å². The first kappa shape index (κ1) is 16.4. The summed E-state index contributed by atoms with van der Waals surface area (Å²) in [7, 11) is 0.0778. The van der Waals surface area contributed by atoms with Gasteiger partial charge in [0.15, 0.2) is 5.03 Å². The van der Waals surface area contributed by atoms with E-state index in [9.17, 15) is 13.2 Å². The van der Waals surface area contributed by atoms with Gasteiger partial charge in [-0.1, -0.05) is 12.1 Å². The number of fused-ring (bicyclic) bond motifs is 1. The van der Waals surface area contributed by atoms with Gasteiger partial charge >= 0.3 is 0 Å². The van der Waals surface area contributed by atoms with Crippen LogP contribution in [0, 0.1) is 6.92 Å². The maximum Gasteiger partial charge on any atom is 0.258 e. The minimum absolute atomic E-state index is 0.0148. The molecule has 1 heterocycles. The van der Waals surface area contributed by atoms with Crippen LogP contribution >= 0.6 is 0 Å². The van der Waals surface area contributed by atoms with Gasteiger partial charge in [-0.15, -0.1) is 0 Å². The molecule has 0 atom stereocenters. The van der Waals surface area contributed by atoms with Crippen molar-refractivity contribution in [2.24, 2.45) is 0 Å². The van der Waals surface area contributed by atoms with Crippen molar-refractivity contribution in [3.05, 3.63) is 30.0 Å². The summed E-state index contributed by atoms with van der Waals surface area (Å²) >= 11 is 0. The van der Waals surface area contributed by atoms with Gasteiger partial charge in [0.05, 0.1) is 0 Å². The zero-order valence-corrected chi connectivity index (χ0v) is 13.6. The summed E-state index contributed by atoms with van der Waals surface area (Å²) in [6.45, 7) is 2.04. The Bertz CT molecular complexity index is 801. The van der Waals surface area contributed by atoms with E-state index >= 15 is 0 Å². The van der Waals surface area contributed by atoms with Crippen LogP contribution in [0.2, 0.25) is 0 Å². The molecule has 1 aromatic carbocycles. The molecular formula is C15H19N3O3S. The van der Waals surface area contributed by atoms with Crippen LogP contribution in [0.25, 0.3) is 10.8 Å². The van der Waals surface area contributed by atoms with E-state index in [1.807, 2.05) is 38.1 Å². The lowest BCUT2D eigenvalue weighted by atomic mass is 10.1. The molecule has 0 radical (unpaired) electrons. The normalized spacial score (nSPS) is 11.6. The molecule has 0 unspecified atom stereocenters. The minimum atomic E-state index is -3.75. The second-order valence-corrected chi connectivity index (χ2v) is 6.87. The molecule has 0 aliphatic carbocycles. The fourth-order valence-corrected chi connectivity index (χ4v) is 3.64. The molecule has 0 aliphatic heterocycles. The average Bonchev–Trinajstić information content (AvgIpc) is 2.46. The first-order chi connectivity index (χ1) is 10.4. The van der Waals surface area contributed by atoms with Crippen LogP contribution in [0.4, 0.5) is 5.69 Å². The maximum absolute atomic E-state index is 12.4. The van der Waals surface area contributed by atoms with Gasteiger partial charge < -0.3 is 9.69 Å². The maximum atomic E-state index is 12.4. The summed E-state index contributed by atoms with van der Waals surface area (Å²) in [6, 6.07) is 5.45. The number of nitrogens with zero attached hydrogens (tertiary/aromatic N) is 2. The number of sulfonamides is 1. The largest absolute Gasteiger partial charge is 0.377 e. The van der Waals surface area contributed by atoms with Crippen LogP contribution in [-0.2, 0) is 14.8 Å². The van der Waals surface area contributed by atoms with Crippen LogP contribution in [0.1, 0.15) is 12.0 Å². The molecule has 0 amide bonds. The Labute approximate surface area is 130 Å². The van der Waals surface area contributed by atoms with Crippen molar-refractivity contribution in [1.82, 2.24) is 9.71 Å². The highest BCUT2D eigenvalue weighted by molar-refractivity contribution is 7.89. The molecule has 0 bridgehead atoms. The lowest BCUT2D eigenvalue weighted by molar-refractivity contribution is -0.107. The highest BCUT2D eigenvalue weighted by Crippen LogP contribution is 2.31. The van der Waals surface area contributed by atoms with Crippen molar-refractivity contribution in [3.63, 3.8) is 0 Å². The summed E-state index contributed by atoms with van der Waals surface area (Å²) in [5.41, 5.74) is 2.02. The monoisotopic (exact) mass is 321 g/mol. The smallest absolute Gasteiger partial charge is 0.258 e. The number of anilines is 1.